The highest BCUT2D eigenvalue weighted by Gasteiger charge is 2.20. The average Bonchev–Trinajstić information content (AvgIpc) is 2.35. The molecule has 1 N–H and O–H groups in total. The minimum Gasteiger partial charge on any atom is -0.344 e. The maximum atomic E-state index is 12.1. The molecule has 0 spiro atoms. The molecule has 0 aromatic heterocycles. The number of carbonyl (C=O) groups excluding carboxylic acids is 1. The molecule has 1 amide bonds. The molecule has 0 aromatic carbocycles. The van der Waals surface area contributed by atoms with Gasteiger partial charge in [-0.1, -0.05) is 20.8 Å². The van der Waals surface area contributed by atoms with Gasteiger partial charge in [-0.05, 0) is 5.92 Å². The highest BCUT2D eigenvalue weighted by molar-refractivity contribution is 5.78. The van der Waals surface area contributed by atoms with E-state index in [0.717, 1.165) is 39.3 Å². The van der Waals surface area contributed by atoms with E-state index in [-0.39, 0.29) is 11.8 Å². The Bertz CT molecular complexity index is 237. The molecule has 1 rings (SSSR count). The second-order valence-electron chi connectivity index (χ2n) is 5.38. The molecular weight excluding hydrogens is 214 g/mol. The summed E-state index contributed by atoms with van der Waals surface area (Å²) in [6, 6.07) is 0. The van der Waals surface area contributed by atoms with Crippen LogP contribution in [0.15, 0.2) is 0 Å². The molecule has 0 bridgehead atoms. The van der Waals surface area contributed by atoms with Gasteiger partial charge in [-0.15, -0.1) is 0 Å². The Morgan fingerprint density at radius 1 is 1.29 bits per heavy atom. The number of amides is 1. The fourth-order valence-electron chi connectivity index (χ4n) is 1.97. The van der Waals surface area contributed by atoms with Crippen LogP contribution in [0.5, 0.6) is 0 Å². The molecule has 17 heavy (non-hydrogen) atoms. The normalized spacial score (nSPS) is 19.4. The predicted octanol–water partition coefficient (Wildman–Crippen LogP) is 0.642. The fourth-order valence-corrected chi connectivity index (χ4v) is 1.97. The van der Waals surface area contributed by atoms with Gasteiger partial charge in [-0.2, -0.15) is 0 Å². The Kier molecular flexibility index (Phi) is 5.92. The van der Waals surface area contributed by atoms with E-state index in [9.17, 15) is 4.79 Å². The van der Waals surface area contributed by atoms with E-state index in [2.05, 4.69) is 24.1 Å². The molecule has 0 saturated carbocycles. The third-order valence-electron chi connectivity index (χ3n) is 3.73. The predicted molar refractivity (Wildman–Crippen MR) is 70.9 cm³/mol. The van der Waals surface area contributed by atoms with Crippen LogP contribution in [0, 0.1) is 11.8 Å². The molecule has 0 aromatic rings. The summed E-state index contributed by atoms with van der Waals surface area (Å²) in [6.45, 7) is 12.4. The first-order valence-corrected chi connectivity index (χ1v) is 6.70. The molecule has 1 saturated heterocycles. The molecule has 4 heteroatoms. The van der Waals surface area contributed by atoms with Gasteiger partial charge >= 0.3 is 0 Å². The van der Waals surface area contributed by atoms with Crippen molar-refractivity contribution in [2.45, 2.75) is 20.8 Å². The number of hydrogen-bond donors (Lipinski definition) is 1. The summed E-state index contributed by atoms with van der Waals surface area (Å²) in [7, 11) is 1.92. The highest BCUT2D eigenvalue weighted by Crippen LogP contribution is 2.12. The van der Waals surface area contributed by atoms with Crippen LogP contribution < -0.4 is 5.32 Å². The smallest absolute Gasteiger partial charge is 0.225 e. The van der Waals surface area contributed by atoms with Gasteiger partial charge in [0.25, 0.3) is 0 Å². The Morgan fingerprint density at radius 2 is 1.88 bits per heavy atom. The van der Waals surface area contributed by atoms with Crippen LogP contribution in [-0.4, -0.2) is 62.0 Å². The lowest BCUT2D eigenvalue weighted by Gasteiger charge is -2.30. The molecule has 100 valence electrons. The van der Waals surface area contributed by atoms with Crippen LogP contribution in [0.2, 0.25) is 0 Å². The van der Waals surface area contributed by atoms with Gasteiger partial charge in [0, 0.05) is 52.2 Å². The first-order chi connectivity index (χ1) is 8.02. The van der Waals surface area contributed by atoms with Gasteiger partial charge in [-0.3, -0.25) is 9.69 Å². The lowest BCUT2D eigenvalue weighted by molar-refractivity contribution is -0.135. The number of carbonyl (C=O) groups is 1. The highest BCUT2D eigenvalue weighted by atomic mass is 16.2. The summed E-state index contributed by atoms with van der Waals surface area (Å²) in [6.07, 6.45) is 0. The van der Waals surface area contributed by atoms with Gasteiger partial charge in [0.1, 0.15) is 0 Å². The largest absolute Gasteiger partial charge is 0.344 e. The molecule has 1 unspecified atom stereocenters. The van der Waals surface area contributed by atoms with E-state index >= 15 is 0 Å². The van der Waals surface area contributed by atoms with E-state index in [4.69, 9.17) is 0 Å². The van der Waals surface area contributed by atoms with Crippen LogP contribution in [0.3, 0.4) is 0 Å². The zero-order valence-corrected chi connectivity index (χ0v) is 11.7. The fraction of sp³-hybridized carbons (Fsp3) is 0.923. The lowest BCUT2D eigenvalue weighted by atomic mass is 9.97. The van der Waals surface area contributed by atoms with Crippen LogP contribution in [0.1, 0.15) is 20.8 Å². The standard InChI is InChI=1S/C13H27N3O/c1-11(2)12(3)13(17)15(4)9-10-16-7-5-14-6-8-16/h11-12,14H,5-10H2,1-4H3. The number of hydrogen-bond acceptors (Lipinski definition) is 3. The van der Waals surface area contributed by atoms with Crippen molar-refractivity contribution in [1.82, 2.24) is 15.1 Å². The van der Waals surface area contributed by atoms with Crippen molar-refractivity contribution in [3.8, 4) is 0 Å². The Balaban J connectivity index is 2.28. The van der Waals surface area contributed by atoms with Crippen LogP contribution in [-0.2, 0) is 4.79 Å². The third-order valence-corrected chi connectivity index (χ3v) is 3.73. The van der Waals surface area contributed by atoms with E-state index in [1.54, 1.807) is 0 Å². The van der Waals surface area contributed by atoms with E-state index in [1.165, 1.54) is 0 Å². The second-order valence-corrected chi connectivity index (χ2v) is 5.38. The van der Waals surface area contributed by atoms with Crippen LogP contribution >= 0.6 is 0 Å². The molecule has 0 aliphatic carbocycles. The molecule has 1 aliphatic heterocycles. The van der Waals surface area contributed by atoms with Crippen molar-refractivity contribution in [2.24, 2.45) is 11.8 Å². The monoisotopic (exact) mass is 241 g/mol. The van der Waals surface area contributed by atoms with Gasteiger partial charge < -0.3 is 10.2 Å². The maximum Gasteiger partial charge on any atom is 0.225 e. The average molecular weight is 241 g/mol. The molecule has 1 aliphatic rings. The number of nitrogens with zero attached hydrogens (tertiary/aromatic N) is 2. The molecule has 1 atom stereocenters. The van der Waals surface area contributed by atoms with Crippen LogP contribution in [0.4, 0.5) is 0 Å². The van der Waals surface area contributed by atoms with Gasteiger partial charge in [0.05, 0.1) is 0 Å². The minimum absolute atomic E-state index is 0.128. The maximum absolute atomic E-state index is 12.1. The summed E-state index contributed by atoms with van der Waals surface area (Å²) in [4.78, 5) is 16.4. The number of rotatable bonds is 5. The van der Waals surface area contributed by atoms with Crippen molar-refractivity contribution in [3.63, 3.8) is 0 Å². The summed E-state index contributed by atoms with van der Waals surface area (Å²) in [5.41, 5.74) is 0. The van der Waals surface area contributed by atoms with Gasteiger partial charge in [-0.25, -0.2) is 0 Å². The van der Waals surface area contributed by atoms with E-state index in [0.29, 0.717) is 5.92 Å². The lowest BCUT2D eigenvalue weighted by Crippen LogP contribution is -2.47. The molecule has 4 nitrogen and oxygen atoms in total. The Hall–Kier alpha value is -0.610. The molecular formula is C13H27N3O. The summed E-state index contributed by atoms with van der Waals surface area (Å²) in [5, 5.41) is 3.34. The summed E-state index contributed by atoms with van der Waals surface area (Å²) < 4.78 is 0. The quantitative estimate of drug-likeness (QED) is 0.767. The van der Waals surface area contributed by atoms with E-state index < -0.39 is 0 Å². The molecule has 1 heterocycles. The van der Waals surface area contributed by atoms with Crippen molar-refractivity contribution in [2.75, 3.05) is 46.3 Å². The number of nitrogens with one attached hydrogen (secondary N) is 1. The first-order valence-electron chi connectivity index (χ1n) is 6.70. The summed E-state index contributed by atoms with van der Waals surface area (Å²) >= 11 is 0. The SMILES string of the molecule is CC(C)C(C)C(=O)N(C)CCN1CCNCC1. The zero-order valence-electron chi connectivity index (χ0n) is 11.7. The van der Waals surface area contributed by atoms with Gasteiger partial charge in [0.15, 0.2) is 0 Å². The Labute approximate surface area is 105 Å². The zero-order chi connectivity index (χ0) is 12.8. The van der Waals surface area contributed by atoms with Crippen molar-refractivity contribution >= 4 is 5.91 Å². The van der Waals surface area contributed by atoms with Gasteiger partial charge in [0.2, 0.25) is 5.91 Å². The minimum atomic E-state index is 0.128. The summed E-state index contributed by atoms with van der Waals surface area (Å²) in [5.74, 6) is 0.822. The van der Waals surface area contributed by atoms with Crippen molar-refractivity contribution < 1.29 is 4.79 Å². The molecule has 1 fully saturated rings. The first kappa shape index (κ1) is 14.5. The van der Waals surface area contributed by atoms with Crippen molar-refractivity contribution in [1.29, 1.82) is 0 Å². The van der Waals surface area contributed by atoms with E-state index in [1.807, 2.05) is 18.9 Å². The number of piperazine rings is 1. The number of likely N-dealkylation sites (N-methyl/N-ethyl adjacent to an activating group) is 1. The van der Waals surface area contributed by atoms with Crippen molar-refractivity contribution in [3.05, 3.63) is 0 Å². The topological polar surface area (TPSA) is 35.6 Å². The van der Waals surface area contributed by atoms with Crippen LogP contribution in [0.25, 0.3) is 0 Å². The second kappa shape index (κ2) is 6.97. The third kappa shape index (κ3) is 4.64. The molecule has 0 radical (unpaired) electrons. The Morgan fingerprint density at radius 3 is 2.41 bits per heavy atom.